The molecular weight excluding hydrogens is 296 g/mol. The zero-order valence-corrected chi connectivity index (χ0v) is 7.17. The van der Waals surface area contributed by atoms with Gasteiger partial charge in [-0.05, 0) is 0 Å². The van der Waals surface area contributed by atoms with Gasteiger partial charge in [0.1, 0.15) is 0 Å². The minimum atomic E-state index is -4.67. The monoisotopic (exact) mass is 300 g/mol. The molecule has 0 fully saturated rings. The van der Waals surface area contributed by atoms with Crippen LogP contribution in [0.4, 0.5) is 0 Å². The van der Waals surface area contributed by atoms with E-state index < -0.39 is 10.4 Å². The Morgan fingerprint density at radius 3 is 1.11 bits per heavy atom. The van der Waals surface area contributed by atoms with Crippen molar-refractivity contribution in [1.29, 1.82) is 0 Å². The second-order valence-corrected chi connectivity index (χ2v) is 1.34. The van der Waals surface area contributed by atoms with Crippen molar-refractivity contribution < 1.29 is 67.9 Å². The first kappa shape index (κ1) is 30.7. The summed E-state index contributed by atoms with van der Waals surface area (Å²) in [6.45, 7) is 0. The standard InChI is InChI=1S/Al.Co.Mn.Ni.H2O4S.3H/c;;;;1-5(2,3)4;;;/h;;;;(H2,1,2,3,4);;;. The van der Waals surface area contributed by atoms with Gasteiger partial charge in [0.15, 0.2) is 17.4 Å². The van der Waals surface area contributed by atoms with Gasteiger partial charge >= 0.3 is 10.4 Å². The van der Waals surface area contributed by atoms with E-state index >= 15 is 0 Å². The van der Waals surface area contributed by atoms with Gasteiger partial charge in [-0.3, -0.25) is 9.11 Å². The van der Waals surface area contributed by atoms with Crippen LogP contribution in [0.5, 0.6) is 0 Å². The van der Waals surface area contributed by atoms with Crippen molar-refractivity contribution in [2.45, 2.75) is 0 Å². The summed E-state index contributed by atoms with van der Waals surface area (Å²) in [5.74, 6) is 0. The van der Waals surface area contributed by atoms with Crippen LogP contribution in [-0.4, -0.2) is 34.9 Å². The molecule has 4 nitrogen and oxygen atoms in total. The van der Waals surface area contributed by atoms with Crippen LogP contribution in [0.15, 0.2) is 0 Å². The first-order valence-electron chi connectivity index (χ1n) is 0.698. The van der Waals surface area contributed by atoms with Crippen molar-refractivity contribution in [3.8, 4) is 0 Å². The van der Waals surface area contributed by atoms with E-state index in [0.29, 0.717) is 0 Å². The first-order chi connectivity index (χ1) is 2.00. The van der Waals surface area contributed by atoms with Gasteiger partial charge < -0.3 is 0 Å². The molecule has 0 aromatic carbocycles. The van der Waals surface area contributed by atoms with Crippen LogP contribution in [0.3, 0.4) is 0 Å². The van der Waals surface area contributed by atoms with Gasteiger partial charge in [0.25, 0.3) is 0 Å². The average molecular weight is 301 g/mol. The molecule has 0 aliphatic carbocycles. The van der Waals surface area contributed by atoms with Crippen molar-refractivity contribution in [3.05, 3.63) is 0 Å². The van der Waals surface area contributed by atoms with Crippen LogP contribution in [-0.2, 0) is 60.7 Å². The van der Waals surface area contributed by atoms with Gasteiger partial charge in [0.05, 0.1) is 0 Å². The summed E-state index contributed by atoms with van der Waals surface area (Å²) in [5.41, 5.74) is 0. The van der Waals surface area contributed by atoms with Crippen molar-refractivity contribution in [1.82, 2.24) is 0 Å². The maximum atomic E-state index is 8.74. The molecule has 0 amide bonds. The summed E-state index contributed by atoms with van der Waals surface area (Å²) in [5, 5.41) is 0. The third-order valence-corrected chi connectivity index (χ3v) is 0. The molecule has 0 heterocycles. The van der Waals surface area contributed by atoms with Crippen molar-refractivity contribution in [3.63, 3.8) is 0 Å². The molecule has 0 atom stereocenters. The molecule has 0 spiro atoms. The van der Waals surface area contributed by atoms with E-state index in [-0.39, 0.29) is 67.7 Å². The van der Waals surface area contributed by atoms with Gasteiger partial charge in [-0.2, -0.15) is 8.42 Å². The number of hydrogen-bond donors (Lipinski definition) is 2. The minimum absolute atomic E-state index is 0. The number of rotatable bonds is 0. The zero-order valence-electron chi connectivity index (χ0n) is 3.15. The predicted octanol–water partition coefficient (Wildman–Crippen LogP) is -1.84. The van der Waals surface area contributed by atoms with Crippen LogP contribution in [0.2, 0.25) is 0 Å². The third kappa shape index (κ3) is 169. The first-order valence-corrected chi connectivity index (χ1v) is 2.10. The fourth-order valence-corrected chi connectivity index (χ4v) is 0. The van der Waals surface area contributed by atoms with E-state index in [1.807, 2.05) is 0 Å². The fraction of sp³-hybridized carbons (Fsp3) is 0. The maximum Gasteiger partial charge on any atom is 0.394 e. The average Bonchev–Trinajstić information content (AvgIpc) is 0.722. The van der Waals surface area contributed by atoms with E-state index in [4.69, 9.17) is 17.5 Å². The number of hydrogen-bond acceptors (Lipinski definition) is 2. The van der Waals surface area contributed by atoms with E-state index in [0.717, 1.165) is 0 Å². The van der Waals surface area contributed by atoms with E-state index in [9.17, 15) is 0 Å². The van der Waals surface area contributed by atoms with Crippen LogP contribution >= 0.6 is 0 Å². The molecule has 0 aliphatic rings. The fourth-order valence-electron chi connectivity index (χ4n) is 0. The Labute approximate surface area is 94.8 Å². The molecule has 0 aromatic heterocycles. The second kappa shape index (κ2) is 12.6. The van der Waals surface area contributed by atoms with Crippen LogP contribution < -0.4 is 0 Å². The van der Waals surface area contributed by atoms with Crippen molar-refractivity contribution in [2.24, 2.45) is 0 Å². The van der Waals surface area contributed by atoms with E-state index in [1.54, 1.807) is 0 Å². The molecule has 0 rings (SSSR count). The van der Waals surface area contributed by atoms with Crippen LogP contribution in [0.25, 0.3) is 0 Å². The van der Waals surface area contributed by atoms with Gasteiger partial charge in [0.2, 0.25) is 0 Å². The molecule has 0 aromatic rings. The molecule has 64 valence electrons. The molecule has 0 unspecified atom stereocenters. The topological polar surface area (TPSA) is 74.6 Å². The van der Waals surface area contributed by atoms with E-state index in [1.165, 1.54) is 0 Å². The summed E-state index contributed by atoms with van der Waals surface area (Å²) in [7, 11) is -4.67. The summed E-state index contributed by atoms with van der Waals surface area (Å²) < 4.78 is 31.6. The third-order valence-electron chi connectivity index (χ3n) is 0. The van der Waals surface area contributed by atoms with Crippen LogP contribution in [0.1, 0.15) is 0 Å². The predicted molar refractivity (Wildman–Crippen MR) is 24.1 cm³/mol. The Bertz CT molecular complexity index is 104. The Kier molecular flexibility index (Phi) is 42.9. The smallest absolute Gasteiger partial charge is 0.264 e. The van der Waals surface area contributed by atoms with Gasteiger partial charge in [-0.25, -0.2) is 0 Å². The molecule has 0 saturated carbocycles. The summed E-state index contributed by atoms with van der Waals surface area (Å²) >= 11 is 0. The van der Waals surface area contributed by atoms with Crippen molar-refractivity contribution in [2.75, 3.05) is 0 Å². The maximum absolute atomic E-state index is 8.74. The SMILES string of the molecule is O=S(=O)(O)O.[AlH3].[Co].[Mn].[Ni]. The van der Waals surface area contributed by atoms with Crippen molar-refractivity contribution >= 4 is 27.8 Å². The minimum Gasteiger partial charge on any atom is -0.264 e. The van der Waals surface area contributed by atoms with Gasteiger partial charge in [0, 0.05) is 50.3 Å². The molecule has 9 heavy (non-hydrogen) atoms. The Balaban J connectivity index is -0.0000000133. The largest absolute Gasteiger partial charge is 0.394 e. The van der Waals surface area contributed by atoms with Gasteiger partial charge in [-0.1, -0.05) is 0 Å². The molecule has 9 heteroatoms. The van der Waals surface area contributed by atoms with Crippen LogP contribution in [0, 0.1) is 0 Å². The molecule has 0 aliphatic heterocycles. The summed E-state index contributed by atoms with van der Waals surface area (Å²) in [6, 6.07) is 0. The summed E-state index contributed by atoms with van der Waals surface area (Å²) in [6.07, 6.45) is 0. The Morgan fingerprint density at radius 1 is 1.11 bits per heavy atom. The Hall–Kier alpha value is 1.92. The zero-order chi connectivity index (χ0) is 4.50. The second-order valence-electron chi connectivity index (χ2n) is 0.448. The Morgan fingerprint density at radius 2 is 1.11 bits per heavy atom. The normalized spacial score (nSPS) is 6.44. The van der Waals surface area contributed by atoms with E-state index in [2.05, 4.69) is 0 Å². The quantitative estimate of drug-likeness (QED) is 0.407. The molecule has 0 saturated heterocycles. The molecule has 2 radical (unpaired) electrons. The summed E-state index contributed by atoms with van der Waals surface area (Å²) in [4.78, 5) is 0. The molecule has 0 bridgehead atoms. The molecule has 2 N–H and O–H groups in total. The van der Waals surface area contributed by atoms with Gasteiger partial charge in [-0.15, -0.1) is 0 Å². The molecular formula is H5AlCoMnNiO4S.